The van der Waals surface area contributed by atoms with Crippen molar-refractivity contribution < 1.29 is 9.59 Å². The summed E-state index contributed by atoms with van der Waals surface area (Å²) in [6, 6.07) is 5.53. The van der Waals surface area contributed by atoms with Crippen LogP contribution in [0.3, 0.4) is 0 Å². The van der Waals surface area contributed by atoms with Crippen molar-refractivity contribution in [3.05, 3.63) is 23.9 Å². The first-order chi connectivity index (χ1) is 14.1. The van der Waals surface area contributed by atoms with Gasteiger partial charge in [-0.1, -0.05) is 12.5 Å². The number of halogens is 1. The minimum absolute atomic E-state index is 0. The predicted octanol–water partition coefficient (Wildman–Crippen LogP) is 2.68. The van der Waals surface area contributed by atoms with E-state index in [0.29, 0.717) is 37.7 Å². The first kappa shape index (κ1) is 26.1. The number of hydrogen-bond donors (Lipinski definition) is 3. The molecule has 30 heavy (non-hydrogen) atoms. The van der Waals surface area contributed by atoms with Gasteiger partial charge in [-0.3, -0.25) is 14.6 Å². The molecule has 2 amide bonds. The lowest BCUT2D eigenvalue weighted by Gasteiger charge is -2.20. The number of aromatic nitrogens is 1. The summed E-state index contributed by atoms with van der Waals surface area (Å²) < 4.78 is 0. The van der Waals surface area contributed by atoms with Crippen LogP contribution in [0.25, 0.3) is 0 Å². The third kappa shape index (κ3) is 10.2. The maximum absolute atomic E-state index is 12.1. The average Bonchev–Trinajstić information content (AvgIpc) is 2.89. The Bertz CT molecular complexity index is 698. The van der Waals surface area contributed by atoms with Crippen molar-refractivity contribution in [3.63, 3.8) is 0 Å². The number of aliphatic imine (C=N–C) groups is 1. The number of aryl methyl sites for hydroxylation is 1. The van der Waals surface area contributed by atoms with Crippen LogP contribution in [0.15, 0.2) is 23.2 Å². The molecule has 1 fully saturated rings. The highest BCUT2D eigenvalue weighted by atomic mass is 127. The Morgan fingerprint density at radius 1 is 1.23 bits per heavy atom. The normalized spacial score (nSPS) is 14.5. The predicted molar refractivity (Wildman–Crippen MR) is 131 cm³/mol. The Morgan fingerprint density at radius 2 is 2.07 bits per heavy atom. The van der Waals surface area contributed by atoms with Crippen LogP contribution in [-0.2, 0) is 9.59 Å². The summed E-state index contributed by atoms with van der Waals surface area (Å²) in [6.07, 6.45) is 5.08. The second kappa shape index (κ2) is 15.0. The van der Waals surface area contributed by atoms with E-state index in [4.69, 9.17) is 0 Å². The quantitative estimate of drug-likeness (QED) is 0.198. The lowest BCUT2D eigenvalue weighted by molar-refractivity contribution is -0.130. The SMILES string of the molecule is CCNC(=NCCCN1CCCCCC1=O)NCCC(=O)Nc1cccc(C)n1.I. The van der Waals surface area contributed by atoms with E-state index in [1.54, 1.807) is 6.07 Å². The molecule has 0 saturated carbocycles. The summed E-state index contributed by atoms with van der Waals surface area (Å²) in [6.45, 7) is 7.38. The number of guanidine groups is 1. The van der Waals surface area contributed by atoms with Gasteiger partial charge in [-0.05, 0) is 45.2 Å². The van der Waals surface area contributed by atoms with Crippen LogP contribution in [0, 0.1) is 6.92 Å². The smallest absolute Gasteiger partial charge is 0.227 e. The number of pyridine rings is 1. The molecule has 0 bridgehead atoms. The van der Waals surface area contributed by atoms with Gasteiger partial charge in [-0.15, -0.1) is 24.0 Å². The van der Waals surface area contributed by atoms with Crippen LogP contribution in [0.5, 0.6) is 0 Å². The van der Waals surface area contributed by atoms with Crippen LogP contribution in [0.1, 0.15) is 51.1 Å². The molecule has 9 heteroatoms. The van der Waals surface area contributed by atoms with Gasteiger partial charge in [-0.2, -0.15) is 0 Å². The van der Waals surface area contributed by atoms with Gasteiger partial charge in [0.25, 0.3) is 0 Å². The minimum atomic E-state index is -0.0916. The Morgan fingerprint density at radius 3 is 2.83 bits per heavy atom. The number of carbonyl (C=O) groups excluding carboxylic acids is 2. The van der Waals surface area contributed by atoms with Crippen LogP contribution < -0.4 is 16.0 Å². The molecule has 3 N–H and O–H groups in total. The summed E-state index contributed by atoms with van der Waals surface area (Å²) in [4.78, 5) is 34.9. The maximum atomic E-state index is 12.1. The zero-order chi connectivity index (χ0) is 20.9. The van der Waals surface area contributed by atoms with Crippen molar-refractivity contribution in [2.24, 2.45) is 4.99 Å². The number of nitrogens with zero attached hydrogens (tertiary/aromatic N) is 3. The van der Waals surface area contributed by atoms with Gasteiger partial charge in [0.05, 0.1) is 0 Å². The zero-order valence-corrected chi connectivity index (χ0v) is 20.4. The van der Waals surface area contributed by atoms with E-state index in [2.05, 4.69) is 25.9 Å². The summed E-state index contributed by atoms with van der Waals surface area (Å²) in [7, 11) is 0. The van der Waals surface area contributed by atoms with Crippen LogP contribution in [0.2, 0.25) is 0 Å². The highest BCUT2D eigenvalue weighted by Gasteiger charge is 2.15. The van der Waals surface area contributed by atoms with Gasteiger partial charge in [0, 0.05) is 51.3 Å². The van der Waals surface area contributed by atoms with E-state index in [9.17, 15) is 9.59 Å². The van der Waals surface area contributed by atoms with Crippen molar-refractivity contribution in [2.75, 3.05) is 38.0 Å². The largest absolute Gasteiger partial charge is 0.357 e. The van der Waals surface area contributed by atoms with E-state index in [1.165, 1.54) is 0 Å². The molecule has 8 nitrogen and oxygen atoms in total. The monoisotopic (exact) mass is 530 g/mol. The average molecular weight is 530 g/mol. The Balaban J connectivity index is 0.00000450. The van der Waals surface area contributed by atoms with Crippen molar-refractivity contribution in [1.82, 2.24) is 20.5 Å². The summed E-state index contributed by atoms with van der Waals surface area (Å²) in [5.41, 5.74) is 0.865. The van der Waals surface area contributed by atoms with Gasteiger partial charge < -0.3 is 20.9 Å². The second-order valence-corrected chi connectivity index (χ2v) is 7.19. The van der Waals surface area contributed by atoms with Gasteiger partial charge in [0.15, 0.2) is 5.96 Å². The van der Waals surface area contributed by atoms with E-state index < -0.39 is 0 Å². The van der Waals surface area contributed by atoms with E-state index in [0.717, 1.165) is 51.0 Å². The third-order valence-corrected chi connectivity index (χ3v) is 4.67. The highest BCUT2D eigenvalue weighted by molar-refractivity contribution is 14.0. The number of carbonyl (C=O) groups is 2. The maximum Gasteiger partial charge on any atom is 0.227 e. The first-order valence-electron chi connectivity index (χ1n) is 10.6. The Labute approximate surface area is 196 Å². The van der Waals surface area contributed by atoms with Crippen molar-refractivity contribution in [2.45, 2.75) is 52.4 Å². The molecule has 0 aliphatic carbocycles. The summed E-state index contributed by atoms with van der Waals surface area (Å²) >= 11 is 0. The molecule has 1 saturated heterocycles. The van der Waals surface area contributed by atoms with Crippen LogP contribution in [0.4, 0.5) is 5.82 Å². The minimum Gasteiger partial charge on any atom is -0.357 e. The number of likely N-dealkylation sites (tertiary alicyclic amines) is 1. The third-order valence-electron chi connectivity index (χ3n) is 4.67. The lowest BCUT2D eigenvalue weighted by atomic mass is 10.2. The van der Waals surface area contributed by atoms with Crippen molar-refractivity contribution in [1.29, 1.82) is 0 Å². The molecular formula is C21H35IN6O2. The van der Waals surface area contributed by atoms with Gasteiger partial charge in [0.2, 0.25) is 11.8 Å². The van der Waals surface area contributed by atoms with Crippen LogP contribution >= 0.6 is 24.0 Å². The Kier molecular flexibility index (Phi) is 13.0. The Hall–Kier alpha value is -1.91. The van der Waals surface area contributed by atoms with Gasteiger partial charge in [0.1, 0.15) is 5.82 Å². The van der Waals surface area contributed by atoms with Crippen LogP contribution in [-0.4, -0.2) is 60.4 Å². The highest BCUT2D eigenvalue weighted by Crippen LogP contribution is 2.11. The van der Waals surface area contributed by atoms with Crippen molar-refractivity contribution >= 4 is 47.6 Å². The standard InChI is InChI=1S/C21H34N6O2.HI/c1-3-22-21(23-13-8-16-27-15-6-4-5-11-20(27)29)24-14-12-19(28)26-18-10-7-9-17(2)25-18;/h7,9-10H,3-6,8,11-16H2,1-2H3,(H2,22,23,24)(H,25,26,28);1H. The zero-order valence-electron chi connectivity index (χ0n) is 18.1. The molecule has 0 spiro atoms. The van der Waals surface area contributed by atoms with E-state index in [-0.39, 0.29) is 35.8 Å². The molecule has 0 atom stereocenters. The molecule has 2 rings (SSSR count). The number of amides is 2. The molecular weight excluding hydrogens is 495 g/mol. The van der Waals surface area contributed by atoms with Crippen molar-refractivity contribution in [3.8, 4) is 0 Å². The second-order valence-electron chi connectivity index (χ2n) is 7.19. The number of anilines is 1. The van der Waals surface area contributed by atoms with Gasteiger partial charge >= 0.3 is 0 Å². The first-order valence-corrected chi connectivity index (χ1v) is 10.6. The summed E-state index contributed by atoms with van der Waals surface area (Å²) in [5.74, 6) is 1.44. The van der Waals surface area contributed by atoms with E-state index in [1.807, 2.05) is 30.9 Å². The topological polar surface area (TPSA) is 98.7 Å². The summed E-state index contributed by atoms with van der Waals surface area (Å²) in [5, 5.41) is 9.17. The number of rotatable bonds is 9. The fraction of sp³-hybridized carbons (Fsp3) is 0.619. The van der Waals surface area contributed by atoms with Gasteiger partial charge in [-0.25, -0.2) is 4.98 Å². The molecule has 168 valence electrons. The molecule has 2 heterocycles. The molecule has 0 aromatic carbocycles. The molecule has 1 aliphatic heterocycles. The molecule has 1 aliphatic rings. The number of nitrogens with one attached hydrogen (secondary N) is 3. The molecule has 0 radical (unpaired) electrons. The molecule has 0 unspecified atom stereocenters. The van der Waals surface area contributed by atoms with E-state index >= 15 is 0 Å². The lowest BCUT2D eigenvalue weighted by Crippen LogP contribution is -2.39. The fourth-order valence-corrected chi connectivity index (χ4v) is 3.18. The fourth-order valence-electron chi connectivity index (χ4n) is 3.18. The molecule has 1 aromatic rings. The number of hydrogen-bond acceptors (Lipinski definition) is 4. The molecule has 1 aromatic heterocycles.